The third kappa shape index (κ3) is 2.98. The topological polar surface area (TPSA) is 154 Å². The fraction of sp³-hybridized carbons (Fsp3) is 1.00. The third-order valence-electron chi connectivity index (χ3n) is 3.37. The van der Waals surface area contributed by atoms with E-state index < -0.39 is 55.8 Å². The van der Waals surface area contributed by atoms with E-state index in [1.54, 1.807) is 0 Å². The Morgan fingerprint density at radius 3 is 2.06 bits per heavy atom. The maximum atomic E-state index is 9.93. The van der Waals surface area contributed by atoms with Crippen molar-refractivity contribution in [2.45, 2.75) is 42.4 Å². The average Bonchev–Trinajstić information content (AvgIpc) is 2.39. The molecule has 0 aromatic carbocycles. The minimum atomic E-state index is -1.94. The molecule has 0 bridgehead atoms. The molecule has 0 aromatic heterocycles. The van der Waals surface area contributed by atoms with Crippen LogP contribution in [0.4, 0.5) is 0 Å². The van der Waals surface area contributed by atoms with Gasteiger partial charge in [0.2, 0.25) is 0 Å². The normalized spacial score (nSPS) is 41.3. The van der Waals surface area contributed by atoms with E-state index in [1.807, 2.05) is 0 Å². The van der Waals surface area contributed by atoms with Gasteiger partial charge < -0.3 is 41.1 Å². The number of rotatable bonds is 5. The smallest absolute Gasteiger partial charge is 0.118 e. The van der Waals surface area contributed by atoms with E-state index in [4.69, 9.17) is 15.3 Å². The van der Waals surface area contributed by atoms with Crippen LogP contribution in [0.25, 0.3) is 0 Å². The Hall–Kier alpha value is -0.320. The van der Waals surface area contributed by atoms with Gasteiger partial charge in [-0.2, -0.15) is 0 Å². The number of hydrogen-bond acceptors (Lipinski definition) is 8. The van der Waals surface area contributed by atoms with Crippen LogP contribution < -0.4 is 5.32 Å². The Bertz CT molecular complexity index is 263. The summed E-state index contributed by atoms with van der Waals surface area (Å²) in [6, 6.07) is -1.60. The molecule has 0 saturated heterocycles. The van der Waals surface area contributed by atoms with E-state index in [0.717, 1.165) is 0 Å². The summed E-state index contributed by atoms with van der Waals surface area (Å²) in [4.78, 5) is 0. The van der Waals surface area contributed by atoms with Crippen molar-refractivity contribution in [3.05, 3.63) is 0 Å². The van der Waals surface area contributed by atoms with Gasteiger partial charge in [0, 0.05) is 6.04 Å². The Balaban J connectivity index is 2.79. The minimum Gasteiger partial charge on any atom is -0.395 e. The number of aliphatic hydroxyl groups excluding tert-OH is 6. The quantitative estimate of drug-likeness (QED) is 0.248. The van der Waals surface area contributed by atoms with Gasteiger partial charge in [0.05, 0.1) is 32.0 Å². The summed E-state index contributed by atoms with van der Waals surface area (Å²) in [7, 11) is 0. The van der Waals surface area contributed by atoms with E-state index >= 15 is 0 Å². The molecule has 1 fully saturated rings. The van der Waals surface area contributed by atoms with Crippen molar-refractivity contribution in [3.63, 3.8) is 0 Å². The lowest BCUT2D eigenvalue weighted by Gasteiger charge is -2.46. The number of aliphatic hydroxyl groups is 7. The van der Waals surface area contributed by atoms with Crippen molar-refractivity contribution in [1.29, 1.82) is 0 Å². The van der Waals surface area contributed by atoms with Crippen molar-refractivity contribution in [1.82, 2.24) is 5.32 Å². The molecule has 0 unspecified atom stereocenters. The summed E-state index contributed by atoms with van der Waals surface area (Å²) < 4.78 is 0. The maximum Gasteiger partial charge on any atom is 0.118 e. The van der Waals surface area contributed by atoms with Gasteiger partial charge in [-0.1, -0.05) is 0 Å². The van der Waals surface area contributed by atoms with Gasteiger partial charge in [-0.25, -0.2) is 0 Å². The summed E-state index contributed by atoms with van der Waals surface area (Å²) in [6.07, 6.45) is -4.91. The van der Waals surface area contributed by atoms with Crippen molar-refractivity contribution in [2.75, 3.05) is 19.8 Å². The monoisotopic (exact) mass is 267 g/mol. The van der Waals surface area contributed by atoms with Gasteiger partial charge in [-0.05, 0) is 6.42 Å². The molecule has 0 amide bonds. The minimum absolute atomic E-state index is 0.223. The summed E-state index contributed by atoms with van der Waals surface area (Å²) in [5.41, 5.74) is -1.94. The standard InChI is InChI=1S/C10H21NO7/c12-2-5(3-13)11-6-1-10(18,4-14)9(17)8(16)7(6)15/h5-9,11-18H,1-4H2/t6-,7-,8-,9+,10-/m0/s1. The lowest BCUT2D eigenvalue weighted by atomic mass is 9.76. The first-order chi connectivity index (χ1) is 8.39. The third-order valence-corrected chi connectivity index (χ3v) is 3.37. The second-order valence-corrected chi connectivity index (χ2v) is 4.73. The van der Waals surface area contributed by atoms with Crippen LogP contribution in [0.3, 0.4) is 0 Å². The zero-order chi connectivity index (χ0) is 13.9. The molecule has 8 N–H and O–H groups in total. The molecule has 0 radical (unpaired) electrons. The van der Waals surface area contributed by atoms with Crippen molar-refractivity contribution in [2.24, 2.45) is 0 Å². The van der Waals surface area contributed by atoms with Crippen LogP contribution in [0, 0.1) is 0 Å². The Labute approximate surface area is 104 Å². The molecular formula is C10H21NO7. The van der Waals surface area contributed by atoms with Crippen LogP contribution >= 0.6 is 0 Å². The highest BCUT2D eigenvalue weighted by Crippen LogP contribution is 2.29. The first kappa shape index (κ1) is 15.7. The molecule has 0 aromatic rings. The van der Waals surface area contributed by atoms with E-state index in [9.17, 15) is 20.4 Å². The van der Waals surface area contributed by atoms with Gasteiger partial charge >= 0.3 is 0 Å². The van der Waals surface area contributed by atoms with Crippen molar-refractivity contribution < 1.29 is 35.7 Å². The molecule has 8 heteroatoms. The summed E-state index contributed by atoms with van der Waals surface area (Å²) in [6.45, 7) is -1.56. The molecule has 1 aliphatic carbocycles. The highest BCUT2D eigenvalue weighted by atomic mass is 16.4. The van der Waals surface area contributed by atoms with Gasteiger partial charge in [-0.3, -0.25) is 0 Å². The van der Waals surface area contributed by atoms with Crippen LogP contribution in [0.15, 0.2) is 0 Å². The van der Waals surface area contributed by atoms with E-state index in [1.165, 1.54) is 0 Å². The molecule has 1 rings (SSSR count). The van der Waals surface area contributed by atoms with Gasteiger partial charge in [0.1, 0.15) is 17.8 Å². The predicted molar refractivity (Wildman–Crippen MR) is 59.6 cm³/mol. The van der Waals surface area contributed by atoms with Crippen LogP contribution in [-0.4, -0.2) is 91.6 Å². The zero-order valence-electron chi connectivity index (χ0n) is 9.85. The fourth-order valence-corrected chi connectivity index (χ4v) is 2.15. The molecule has 1 aliphatic rings. The van der Waals surface area contributed by atoms with Crippen LogP contribution in [-0.2, 0) is 0 Å². The number of nitrogens with one attached hydrogen (secondary N) is 1. The van der Waals surface area contributed by atoms with Crippen LogP contribution in [0.2, 0.25) is 0 Å². The van der Waals surface area contributed by atoms with Crippen molar-refractivity contribution in [3.8, 4) is 0 Å². The van der Waals surface area contributed by atoms with Gasteiger partial charge in [0.15, 0.2) is 0 Å². The number of hydrogen-bond donors (Lipinski definition) is 8. The lowest BCUT2D eigenvalue weighted by molar-refractivity contribution is -0.207. The molecular weight excluding hydrogens is 246 g/mol. The zero-order valence-corrected chi connectivity index (χ0v) is 9.85. The average molecular weight is 267 g/mol. The largest absolute Gasteiger partial charge is 0.395 e. The van der Waals surface area contributed by atoms with E-state index in [0.29, 0.717) is 0 Å². The first-order valence-corrected chi connectivity index (χ1v) is 5.74. The first-order valence-electron chi connectivity index (χ1n) is 5.74. The predicted octanol–water partition coefficient (Wildman–Crippen LogP) is -4.49. The summed E-state index contributed by atoms with van der Waals surface area (Å²) >= 11 is 0. The van der Waals surface area contributed by atoms with E-state index in [-0.39, 0.29) is 6.42 Å². The summed E-state index contributed by atoms with van der Waals surface area (Å²) in [5, 5.41) is 68.4. The molecule has 0 aliphatic heterocycles. The Kier molecular flexibility index (Phi) is 5.44. The molecule has 0 spiro atoms. The molecule has 0 heterocycles. The maximum absolute atomic E-state index is 9.93. The van der Waals surface area contributed by atoms with Gasteiger partial charge in [0.25, 0.3) is 0 Å². The Morgan fingerprint density at radius 1 is 1.06 bits per heavy atom. The van der Waals surface area contributed by atoms with Gasteiger partial charge in [-0.15, -0.1) is 0 Å². The lowest BCUT2D eigenvalue weighted by Crippen LogP contribution is -2.68. The van der Waals surface area contributed by atoms with E-state index in [2.05, 4.69) is 5.32 Å². The van der Waals surface area contributed by atoms with Crippen molar-refractivity contribution >= 4 is 0 Å². The molecule has 18 heavy (non-hydrogen) atoms. The van der Waals surface area contributed by atoms with Crippen LogP contribution in [0.1, 0.15) is 6.42 Å². The van der Waals surface area contributed by atoms with Crippen LogP contribution in [0.5, 0.6) is 0 Å². The SMILES string of the molecule is OCC(CO)N[C@H]1C[C@](O)(CO)[C@H](O)[C@@H](O)[C@H]1O. The Morgan fingerprint density at radius 2 is 1.61 bits per heavy atom. The second kappa shape index (κ2) is 6.22. The second-order valence-electron chi connectivity index (χ2n) is 4.73. The molecule has 8 nitrogen and oxygen atoms in total. The fourth-order valence-electron chi connectivity index (χ4n) is 2.15. The molecule has 108 valence electrons. The molecule has 1 saturated carbocycles. The highest BCUT2D eigenvalue weighted by molar-refractivity contribution is 5.05. The highest BCUT2D eigenvalue weighted by Gasteiger charge is 2.51. The summed E-state index contributed by atoms with van der Waals surface area (Å²) in [5.74, 6) is 0. The molecule has 5 atom stereocenters.